The van der Waals surface area contributed by atoms with E-state index in [1.165, 1.54) is 0 Å². The van der Waals surface area contributed by atoms with E-state index in [1.807, 2.05) is 30.3 Å². The molecule has 0 aromatic heterocycles. The van der Waals surface area contributed by atoms with E-state index in [0.717, 1.165) is 5.56 Å². The Bertz CT molecular complexity index is 335. The fraction of sp³-hybridized carbons (Fsp3) is 0.250. The van der Waals surface area contributed by atoms with Crippen LogP contribution < -0.4 is 0 Å². The van der Waals surface area contributed by atoms with E-state index in [4.69, 9.17) is 11.3 Å². The summed E-state index contributed by atoms with van der Waals surface area (Å²) in [7, 11) is 0. The highest BCUT2D eigenvalue weighted by Gasteiger charge is 1.90. The Balaban J connectivity index is 2.27. The van der Waals surface area contributed by atoms with Crippen LogP contribution in [0.25, 0.3) is 4.85 Å². The lowest BCUT2D eigenvalue weighted by Crippen LogP contribution is -1.92. The highest BCUT2D eigenvalue weighted by Crippen LogP contribution is 2.01. The summed E-state index contributed by atoms with van der Waals surface area (Å²) in [5.74, 6) is 0. The predicted molar refractivity (Wildman–Crippen MR) is 56.5 cm³/mol. The minimum absolute atomic E-state index is 0.503. The number of ether oxygens (including phenoxy) is 1. The van der Waals surface area contributed by atoms with Gasteiger partial charge in [-0.15, -0.1) is 0 Å². The molecule has 0 unspecified atom stereocenters. The first-order chi connectivity index (χ1) is 6.83. The summed E-state index contributed by atoms with van der Waals surface area (Å²) in [4.78, 5) is 3.26. The van der Waals surface area contributed by atoms with Gasteiger partial charge in [0, 0.05) is 0 Å². The second-order valence-electron chi connectivity index (χ2n) is 2.96. The van der Waals surface area contributed by atoms with Crippen molar-refractivity contribution in [2.75, 3.05) is 6.61 Å². The number of benzene rings is 1. The van der Waals surface area contributed by atoms with Gasteiger partial charge in [-0.2, -0.15) is 0 Å². The van der Waals surface area contributed by atoms with Crippen LogP contribution >= 0.6 is 0 Å². The van der Waals surface area contributed by atoms with Crippen LogP contribution in [0.5, 0.6) is 0 Å². The van der Waals surface area contributed by atoms with Crippen LogP contribution in [0, 0.1) is 6.57 Å². The highest BCUT2D eigenvalue weighted by molar-refractivity contribution is 5.13. The minimum Gasteiger partial charge on any atom is -0.374 e. The van der Waals surface area contributed by atoms with Gasteiger partial charge in [-0.3, -0.25) is 0 Å². The van der Waals surface area contributed by atoms with E-state index >= 15 is 0 Å². The molecule has 1 aromatic carbocycles. The molecule has 0 heterocycles. The van der Waals surface area contributed by atoms with Gasteiger partial charge in [0.2, 0.25) is 0 Å². The molecule has 0 saturated carbocycles. The Morgan fingerprint density at radius 1 is 1.43 bits per heavy atom. The maximum Gasteiger partial charge on any atom is 0.160 e. The van der Waals surface area contributed by atoms with Gasteiger partial charge in [0.1, 0.15) is 0 Å². The van der Waals surface area contributed by atoms with E-state index in [2.05, 4.69) is 4.85 Å². The normalized spacial score (nSPS) is 11.0. The number of nitrogens with zero attached hydrogens (tertiary/aromatic N) is 1. The summed E-state index contributed by atoms with van der Waals surface area (Å²) in [5.41, 5.74) is 1.83. The van der Waals surface area contributed by atoms with Crippen molar-refractivity contribution in [2.24, 2.45) is 0 Å². The molecule has 0 atom stereocenters. The van der Waals surface area contributed by atoms with Crippen LogP contribution in [0.2, 0.25) is 0 Å². The van der Waals surface area contributed by atoms with E-state index < -0.39 is 0 Å². The first kappa shape index (κ1) is 10.5. The monoisotopic (exact) mass is 187 g/mol. The maximum absolute atomic E-state index is 6.71. The van der Waals surface area contributed by atoms with Gasteiger partial charge in [0.15, 0.2) is 5.70 Å². The summed E-state index contributed by atoms with van der Waals surface area (Å²) in [6.07, 6.45) is 1.79. The number of rotatable bonds is 4. The third-order valence-corrected chi connectivity index (χ3v) is 1.78. The van der Waals surface area contributed by atoms with Crippen LogP contribution in [0.3, 0.4) is 0 Å². The molecule has 0 N–H and O–H groups in total. The molecule has 2 heteroatoms. The summed E-state index contributed by atoms with van der Waals surface area (Å²) in [6.45, 7) is 9.59. The molecule has 0 bridgehead atoms. The van der Waals surface area contributed by atoms with Gasteiger partial charge in [0.25, 0.3) is 0 Å². The van der Waals surface area contributed by atoms with E-state index in [9.17, 15) is 0 Å². The molecule has 72 valence electrons. The van der Waals surface area contributed by atoms with Crippen molar-refractivity contribution < 1.29 is 4.74 Å². The number of hydrogen-bond acceptors (Lipinski definition) is 1. The van der Waals surface area contributed by atoms with E-state index in [-0.39, 0.29) is 0 Å². The van der Waals surface area contributed by atoms with E-state index in [0.29, 0.717) is 18.9 Å². The molecule has 0 aliphatic rings. The smallest absolute Gasteiger partial charge is 0.160 e. The minimum atomic E-state index is 0.503. The third kappa shape index (κ3) is 3.88. The SMILES string of the molecule is [C-]#[N+]/C(C)=C\COCc1ccccc1. The Morgan fingerprint density at radius 2 is 2.14 bits per heavy atom. The molecule has 14 heavy (non-hydrogen) atoms. The Labute approximate surface area is 84.6 Å². The highest BCUT2D eigenvalue weighted by atomic mass is 16.5. The zero-order chi connectivity index (χ0) is 10.2. The summed E-state index contributed by atoms with van der Waals surface area (Å²) in [5, 5.41) is 0. The molecule has 2 nitrogen and oxygen atoms in total. The molecule has 0 aliphatic heterocycles. The zero-order valence-electron chi connectivity index (χ0n) is 8.23. The number of allylic oxidation sites excluding steroid dienone is 1. The average molecular weight is 187 g/mol. The average Bonchev–Trinajstić information content (AvgIpc) is 2.25. The van der Waals surface area contributed by atoms with Crippen molar-refractivity contribution in [1.29, 1.82) is 0 Å². The molecule has 0 spiro atoms. The molecular weight excluding hydrogens is 174 g/mol. The Morgan fingerprint density at radius 3 is 2.79 bits per heavy atom. The predicted octanol–water partition coefficient (Wildman–Crippen LogP) is 3.03. The first-order valence-corrected chi connectivity index (χ1v) is 4.49. The molecule has 0 radical (unpaired) electrons. The van der Waals surface area contributed by atoms with Crippen LogP contribution in [0.15, 0.2) is 42.1 Å². The van der Waals surface area contributed by atoms with Gasteiger partial charge in [0.05, 0.1) is 19.8 Å². The lowest BCUT2D eigenvalue weighted by Gasteiger charge is -2.00. The van der Waals surface area contributed by atoms with Crippen molar-refractivity contribution in [3.05, 3.63) is 59.1 Å². The standard InChI is InChI=1S/C12H13NO/c1-11(13-2)8-9-14-10-12-6-4-3-5-7-12/h3-8H,9-10H2,1H3/b11-8-. The van der Waals surface area contributed by atoms with Crippen molar-refractivity contribution in [1.82, 2.24) is 0 Å². The van der Waals surface area contributed by atoms with Gasteiger partial charge < -0.3 is 4.74 Å². The third-order valence-electron chi connectivity index (χ3n) is 1.78. The van der Waals surface area contributed by atoms with Crippen LogP contribution in [-0.4, -0.2) is 6.61 Å². The summed E-state index contributed by atoms with van der Waals surface area (Å²) >= 11 is 0. The van der Waals surface area contributed by atoms with Gasteiger partial charge in [-0.05, 0) is 12.5 Å². The van der Waals surface area contributed by atoms with Crippen LogP contribution in [-0.2, 0) is 11.3 Å². The second-order valence-corrected chi connectivity index (χ2v) is 2.96. The Kier molecular flexibility index (Phi) is 4.46. The van der Waals surface area contributed by atoms with Crippen LogP contribution in [0.1, 0.15) is 12.5 Å². The van der Waals surface area contributed by atoms with Crippen molar-refractivity contribution in [3.63, 3.8) is 0 Å². The summed E-state index contributed by atoms with van der Waals surface area (Å²) in [6, 6.07) is 9.99. The largest absolute Gasteiger partial charge is 0.374 e. The van der Waals surface area contributed by atoms with Gasteiger partial charge in [-0.25, -0.2) is 4.85 Å². The van der Waals surface area contributed by atoms with E-state index in [1.54, 1.807) is 13.0 Å². The second kappa shape index (κ2) is 5.95. The fourth-order valence-corrected chi connectivity index (χ4v) is 0.976. The van der Waals surface area contributed by atoms with Gasteiger partial charge in [-0.1, -0.05) is 36.4 Å². The lowest BCUT2D eigenvalue weighted by atomic mass is 10.2. The molecule has 0 fully saturated rings. The zero-order valence-corrected chi connectivity index (χ0v) is 8.23. The lowest BCUT2D eigenvalue weighted by molar-refractivity contribution is 0.148. The molecule has 1 rings (SSSR count). The molecule has 0 amide bonds. The fourth-order valence-electron chi connectivity index (χ4n) is 0.976. The molecule has 0 aliphatic carbocycles. The van der Waals surface area contributed by atoms with Crippen LogP contribution in [0.4, 0.5) is 0 Å². The van der Waals surface area contributed by atoms with Crippen molar-refractivity contribution in [2.45, 2.75) is 13.5 Å². The maximum atomic E-state index is 6.71. The molecule has 0 saturated heterocycles. The molecule has 1 aromatic rings. The topological polar surface area (TPSA) is 13.6 Å². The van der Waals surface area contributed by atoms with Crippen molar-refractivity contribution in [3.8, 4) is 0 Å². The van der Waals surface area contributed by atoms with Crippen molar-refractivity contribution >= 4 is 0 Å². The number of hydrogen-bond donors (Lipinski definition) is 0. The quantitative estimate of drug-likeness (QED) is 0.522. The summed E-state index contributed by atoms with van der Waals surface area (Å²) < 4.78 is 5.37. The molecular formula is C12H13NO. The Hall–Kier alpha value is -1.59. The van der Waals surface area contributed by atoms with Gasteiger partial charge >= 0.3 is 0 Å². The first-order valence-electron chi connectivity index (χ1n) is 4.49.